The van der Waals surface area contributed by atoms with Crippen LogP contribution in [0.2, 0.25) is 5.02 Å². The molecule has 118 valence electrons. The molecule has 1 aromatic carbocycles. The van der Waals surface area contributed by atoms with Crippen molar-refractivity contribution in [3.8, 4) is 5.75 Å². The van der Waals surface area contributed by atoms with E-state index in [1.165, 1.54) is 0 Å². The number of esters is 1. The lowest BCUT2D eigenvalue weighted by molar-refractivity contribution is -0.143. The van der Waals surface area contributed by atoms with Gasteiger partial charge in [-0.15, -0.1) is 0 Å². The Morgan fingerprint density at radius 1 is 1.29 bits per heavy atom. The standard InChI is InChI=1S/C16H24ClNO3/c1-3-21-16(19)10-5-4-6-11-18-12-13-14(17)8-7-9-15(13)20-2/h7-9,18H,3-6,10-12H2,1-2H3. The zero-order valence-electron chi connectivity index (χ0n) is 12.8. The summed E-state index contributed by atoms with van der Waals surface area (Å²) >= 11 is 6.16. The molecule has 0 saturated carbocycles. The summed E-state index contributed by atoms with van der Waals surface area (Å²) in [6.07, 6.45) is 3.40. The van der Waals surface area contributed by atoms with Crippen LogP contribution in [0.4, 0.5) is 0 Å². The molecule has 5 heteroatoms. The van der Waals surface area contributed by atoms with E-state index in [1.54, 1.807) is 7.11 Å². The van der Waals surface area contributed by atoms with Crippen LogP contribution in [0.25, 0.3) is 0 Å². The van der Waals surface area contributed by atoms with Crippen molar-refractivity contribution in [2.45, 2.75) is 39.2 Å². The summed E-state index contributed by atoms with van der Waals surface area (Å²) in [6, 6.07) is 5.64. The minimum absolute atomic E-state index is 0.105. The first-order chi connectivity index (χ1) is 10.2. The number of rotatable bonds is 10. The Balaban J connectivity index is 2.16. The second-order valence-electron chi connectivity index (χ2n) is 4.71. The molecule has 0 spiro atoms. The first-order valence-electron chi connectivity index (χ1n) is 7.36. The highest BCUT2D eigenvalue weighted by atomic mass is 35.5. The Morgan fingerprint density at radius 2 is 2.10 bits per heavy atom. The lowest BCUT2D eigenvalue weighted by Crippen LogP contribution is -2.15. The number of hydrogen-bond acceptors (Lipinski definition) is 4. The van der Waals surface area contributed by atoms with Crippen molar-refractivity contribution in [2.75, 3.05) is 20.3 Å². The lowest BCUT2D eigenvalue weighted by atomic mass is 10.1. The van der Waals surface area contributed by atoms with Crippen LogP contribution in [0, 0.1) is 0 Å². The van der Waals surface area contributed by atoms with Gasteiger partial charge in [0.15, 0.2) is 0 Å². The molecule has 21 heavy (non-hydrogen) atoms. The third-order valence-corrected chi connectivity index (χ3v) is 3.49. The number of ether oxygens (including phenoxy) is 2. The van der Waals surface area contributed by atoms with Gasteiger partial charge in [-0.2, -0.15) is 0 Å². The van der Waals surface area contributed by atoms with Crippen molar-refractivity contribution >= 4 is 17.6 Å². The fourth-order valence-corrected chi connectivity index (χ4v) is 2.28. The third-order valence-electron chi connectivity index (χ3n) is 3.14. The maximum atomic E-state index is 11.2. The zero-order valence-corrected chi connectivity index (χ0v) is 13.5. The number of methoxy groups -OCH3 is 1. The maximum Gasteiger partial charge on any atom is 0.305 e. The van der Waals surface area contributed by atoms with Crippen LogP contribution in [0.1, 0.15) is 38.2 Å². The molecular formula is C16H24ClNO3. The molecule has 0 atom stereocenters. The van der Waals surface area contributed by atoms with E-state index in [2.05, 4.69) is 5.32 Å². The van der Waals surface area contributed by atoms with Gasteiger partial charge in [0.05, 0.1) is 13.7 Å². The molecule has 1 N–H and O–H groups in total. The van der Waals surface area contributed by atoms with Gasteiger partial charge in [-0.05, 0) is 38.4 Å². The molecule has 1 aromatic rings. The topological polar surface area (TPSA) is 47.6 Å². The predicted molar refractivity (Wildman–Crippen MR) is 84.8 cm³/mol. The lowest BCUT2D eigenvalue weighted by Gasteiger charge is -2.11. The molecule has 0 saturated heterocycles. The van der Waals surface area contributed by atoms with Crippen molar-refractivity contribution < 1.29 is 14.3 Å². The van der Waals surface area contributed by atoms with Crippen molar-refractivity contribution in [3.63, 3.8) is 0 Å². The summed E-state index contributed by atoms with van der Waals surface area (Å²) in [7, 11) is 1.64. The number of benzene rings is 1. The molecule has 4 nitrogen and oxygen atoms in total. The molecule has 0 fully saturated rings. The smallest absolute Gasteiger partial charge is 0.305 e. The second-order valence-corrected chi connectivity index (χ2v) is 5.12. The van der Waals surface area contributed by atoms with Crippen LogP contribution >= 0.6 is 11.6 Å². The summed E-state index contributed by atoms with van der Waals surface area (Å²) in [5, 5.41) is 4.06. The van der Waals surface area contributed by atoms with E-state index < -0.39 is 0 Å². The fourth-order valence-electron chi connectivity index (χ4n) is 2.04. The van der Waals surface area contributed by atoms with E-state index in [1.807, 2.05) is 25.1 Å². The number of unbranched alkanes of at least 4 members (excludes halogenated alkanes) is 2. The van der Waals surface area contributed by atoms with Crippen molar-refractivity contribution in [1.29, 1.82) is 0 Å². The van der Waals surface area contributed by atoms with Crippen molar-refractivity contribution in [1.82, 2.24) is 5.32 Å². The summed E-state index contributed by atoms with van der Waals surface area (Å²) in [6.45, 7) is 3.85. The SMILES string of the molecule is CCOC(=O)CCCCCNCc1c(Cl)cccc1OC. The van der Waals surface area contributed by atoms with Crippen LogP contribution < -0.4 is 10.1 Å². The zero-order chi connectivity index (χ0) is 15.5. The summed E-state index contributed by atoms with van der Waals surface area (Å²) in [5.41, 5.74) is 0.980. The van der Waals surface area contributed by atoms with Gasteiger partial charge in [0.1, 0.15) is 5.75 Å². The number of halogens is 1. The van der Waals surface area contributed by atoms with E-state index in [0.717, 1.165) is 37.1 Å². The average Bonchev–Trinajstić information content (AvgIpc) is 2.47. The monoisotopic (exact) mass is 313 g/mol. The van der Waals surface area contributed by atoms with Crippen LogP contribution in [0.15, 0.2) is 18.2 Å². The summed E-state index contributed by atoms with van der Waals surface area (Å²) in [5.74, 6) is 0.698. The van der Waals surface area contributed by atoms with Crippen molar-refractivity contribution in [3.05, 3.63) is 28.8 Å². The number of carbonyl (C=O) groups is 1. The molecule has 0 bridgehead atoms. The quantitative estimate of drug-likeness (QED) is 0.530. The Labute approximate surface area is 131 Å². The Morgan fingerprint density at radius 3 is 2.81 bits per heavy atom. The van der Waals surface area contributed by atoms with Gasteiger partial charge in [0.2, 0.25) is 0 Å². The van der Waals surface area contributed by atoms with Crippen LogP contribution in [0.3, 0.4) is 0 Å². The third kappa shape index (κ3) is 6.82. The highest BCUT2D eigenvalue weighted by Gasteiger charge is 2.06. The van der Waals surface area contributed by atoms with E-state index in [-0.39, 0.29) is 5.97 Å². The highest BCUT2D eigenvalue weighted by molar-refractivity contribution is 6.31. The molecule has 0 aliphatic carbocycles. The molecule has 0 amide bonds. The molecule has 0 aromatic heterocycles. The Kier molecular flexibility index (Phi) is 8.87. The first-order valence-corrected chi connectivity index (χ1v) is 7.74. The molecule has 0 unspecified atom stereocenters. The normalized spacial score (nSPS) is 10.4. The van der Waals surface area contributed by atoms with E-state index >= 15 is 0 Å². The van der Waals surface area contributed by atoms with Gasteiger partial charge in [0.25, 0.3) is 0 Å². The summed E-state index contributed by atoms with van der Waals surface area (Å²) in [4.78, 5) is 11.2. The van der Waals surface area contributed by atoms with E-state index in [4.69, 9.17) is 21.1 Å². The predicted octanol–water partition coefficient (Wildman–Crippen LogP) is 3.56. The Hall–Kier alpha value is -1.26. The van der Waals surface area contributed by atoms with E-state index in [0.29, 0.717) is 24.6 Å². The number of hydrogen-bond donors (Lipinski definition) is 1. The largest absolute Gasteiger partial charge is 0.496 e. The van der Waals surface area contributed by atoms with Crippen LogP contribution in [-0.4, -0.2) is 26.2 Å². The minimum atomic E-state index is -0.105. The minimum Gasteiger partial charge on any atom is -0.496 e. The van der Waals surface area contributed by atoms with Crippen LogP contribution in [-0.2, 0) is 16.1 Å². The van der Waals surface area contributed by atoms with Crippen LogP contribution in [0.5, 0.6) is 5.75 Å². The second kappa shape index (κ2) is 10.5. The van der Waals surface area contributed by atoms with E-state index in [9.17, 15) is 4.79 Å². The van der Waals surface area contributed by atoms with Gasteiger partial charge in [0, 0.05) is 23.6 Å². The molecule has 0 heterocycles. The summed E-state index contributed by atoms with van der Waals surface area (Å²) < 4.78 is 10.2. The Bertz CT molecular complexity index is 438. The van der Waals surface area contributed by atoms with Gasteiger partial charge in [-0.3, -0.25) is 4.79 Å². The molecular weight excluding hydrogens is 290 g/mol. The number of carbonyl (C=O) groups excluding carboxylic acids is 1. The number of nitrogens with one attached hydrogen (secondary N) is 1. The van der Waals surface area contributed by atoms with Gasteiger partial charge in [-0.1, -0.05) is 24.1 Å². The molecule has 0 radical (unpaired) electrons. The maximum absolute atomic E-state index is 11.2. The highest BCUT2D eigenvalue weighted by Crippen LogP contribution is 2.25. The van der Waals surface area contributed by atoms with Gasteiger partial charge in [-0.25, -0.2) is 0 Å². The van der Waals surface area contributed by atoms with Gasteiger partial charge >= 0.3 is 5.97 Å². The first kappa shape index (κ1) is 17.8. The molecule has 0 aliphatic rings. The molecule has 0 aliphatic heterocycles. The van der Waals surface area contributed by atoms with Crippen molar-refractivity contribution in [2.24, 2.45) is 0 Å². The average molecular weight is 314 g/mol. The molecule has 1 rings (SSSR count). The fraction of sp³-hybridized carbons (Fsp3) is 0.562. The van der Waals surface area contributed by atoms with Gasteiger partial charge < -0.3 is 14.8 Å².